The molecule has 1 aromatic rings. The van der Waals surface area contributed by atoms with Crippen molar-refractivity contribution in [2.75, 3.05) is 26.3 Å². The summed E-state index contributed by atoms with van der Waals surface area (Å²) in [6.07, 6.45) is 2.30. The van der Waals surface area contributed by atoms with Crippen LogP contribution in [-0.2, 0) is 11.3 Å². The van der Waals surface area contributed by atoms with Gasteiger partial charge in [-0.15, -0.1) is 0 Å². The van der Waals surface area contributed by atoms with Crippen LogP contribution in [-0.4, -0.2) is 42.3 Å². The van der Waals surface area contributed by atoms with Crippen LogP contribution in [0.2, 0.25) is 0 Å². The summed E-state index contributed by atoms with van der Waals surface area (Å²) in [4.78, 5) is 4.11. The number of hydrogen-bond donors (Lipinski definition) is 1. The Morgan fingerprint density at radius 1 is 1.59 bits per heavy atom. The topological polar surface area (TPSA) is 39.1 Å². The normalized spacial score (nSPS) is 20.3. The molecule has 0 radical (unpaired) electrons. The summed E-state index contributed by atoms with van der Waals surface area (Å²) >= 11 is 0. The lowest BCUT2D eigenvalue weighted by Gasteiger charge is -2.12. The summed E-state index contributed by atoms with van der Waals surface area (Å²) < 4.78 is 30.6. The maximum atomic E-state index is 11.9. The van der Waals surface area contributed by atoms with Crippen molar-refractivity contribution in [3.63, 3.8) is 0 Å². The number of ether oxygens (including phenoxy) is 1. The van der Waals surface area contributed by atoms with E-state index in [2.05, 4.69) is 10.3 Å². The van der Waals surface area contributed by atoms with E-state index in [0.29, 0.717) is 19.1 Å². The van der Waals surface area contributed by atoms with E-state index in [1.807, 2.05) is 10.8 Å². The summed E-state index contributed by atoms with van der Waals surface area (Å²) in [5.41, 5.74) is 1.16. The number of nitrogens with zero attached hydrogens (tertiary/aromatic N) is 2. The van der Waals surface area contributed by atoms with Crippen LogP contribution >= 0.6 is 0 Å². The van der Waals surface area contributed by atoms with E-state index >= 15 is 0 Å². The van der Waals surface area contributed by atoms with Crippen LogP contribution in [0.5, 0.6) is 0 Å². The SMILES string of the molecule is FC(F)COCCn1cncc1C1CCNC1. The largest absolute Gasteiger partial charge is 0.374 e. The molecule has 0 bridgehead atoms. The van der Waals surface area contributed by atoms with Gasteiger partial charge in [0.05, 0.1) is 12.9 Å². The third kappa shape index (κ3) is 3.47. The van der Waals surface area contributed by atoms with Gasteiger partial charge in [-0.1, -0.05) is 0 Å². The van der Waals surface area contributed by atoms with Crippen molar-refractivity contribution in [3.05, 3.63) is 18.2 Å². The molecule has 1 aliphatic rings. The second-order valence-corrected chi connectivity index (χ2v) is 4.17. The number of rotatable bonds is 6. The van der Waals surface area contributed by atoms with Crippen molar-refractivity contribution >= 4 is 0 Å². The van der Waals surface area contributed by atoms with Gasteiger partial charge in [-0.05, 0) is 13.0 Å². The van der Waals surface area contributed by atoms with E-state index in [-0.39, 0.29) is 0 Å². The van der Waals surface area contributed by atoms with Gasteiger partial charge < -0.3 is 14.6 Å². The van der Waals surface area contributed by atoms with Gasteiger partial charge in [-0.3, -0.25) is 0 Å². The molecule has 2 heterocycles. The molecule has 4 nitrogen and oxygen atoms in total. The van der Waals surface area contributed by atoms with Gasteiger partial charge in [0.1, 0.15) is 6.61 Å². The molecule has 0 spiro atoms. The Morgan fingerprint density at radius 2 is 2.47 bits per heavy atom. The Morgan fingerprint density at radius 3 is 3.18 bits per heavy atom. The van der Waals surface area contributed by atoms with Crippen molar-refractivity contribution < 1.29 is 13.5 Å². The third-order valence-corrected chi connectivity index (χ3v) is 2.94. The minimum absolute atomic E-state index is 0.299. The fourth-order valence-corrected chi connectivity index (χ4v) is 2.10. The van der Waals surface area contributed by atoms with Crippen LogP contribution in [0.15, 0.2) is 12.5 Å². The molecular formula is C11H17F2N3O. The van der Waals surface area contributed by atoms with Gasteiger partial charge in [0.25, 0.3) is 6.43 Å². The fraction of sp³-hybridized carbons (Fsp3) is 0.727. The zero-order chi connectivity index (χ0) is 12.1. The van der Waals surface area contributed by atoms with Crippen LogP contribution in [0, 0.1) is 0 Å². The lowest BCUT2D eigenvalue weighted by atomic mass is 10.1. The van der Waals surface area contributed by atoms with Gasteiger partial charge in [-0.25, -0.2) is 13.8 Å². The molecule has 1 saturated heterocycles. The Labute approximate surface area is 99.0 Å². The number of aromatic nitrogens is 2. The first-order chi connectivity index (χ1) is 8.27. The average molecular weight is 245 g/mol. The zero-order valence-corrected chi connectivity index (χ0v) is 9.61. The van der Waals surface area contributed by atoms with Crippen LogP contribution in [0.3, 0.4) is 0 Å². The molecule has 1 atom stereocenters. The number of nitrogens with one attached hydrogen (secondary N) is 1. The fourth-order valence-electron chi connectivity index (χ4n) is 2.10. The van der Waals surface area contributed by atoms with Crippen LogP contribution < -0.4 is 5.32 Å². The van der Waals surface area contributed by atoms with Crippen LogP contribution in [0.1, 0.15) is 18.0 Å². The van der Waals surface area contributed by atoms with Crippen molar-refractivity contribution in [2.45, 2.75) is 25.3 Å². The zero-order valence-electron chi connectivity index (χ0n) is 9.61. The Balaban J connectivity index is 1.82. The molecule has 17 heavy (non-hydrogen) atoms. The van der Waals surface area contributed by atoms with Gasteiger partial charge >= 0.3 is 0 Å². The van der Waals surface area contributed by atoms with E-state index in [1.165, 1.54) is 0 Å². The smallest absolute Gasteiger partial charge is 0.261 e. The number of imidazole rings is 1. The minimum Gasteiger partial charge on any atom is -0.374 e. The summed E-state index contributed by atoms with van der Waals surface area (Å²) in [5, 5.41) is 3.30. The molecular weight excluding hydrogens is 228 g/mol. The van der Waals surface area contributed by atoms with E-state index in [4.69, 9.17) is 4.74 Å². The standard InChI is InChI=1S/C11H17F2N3O/c12-11(13)7-17-4-3-16-8-15-6-10(16)9-1-2-14-5-9/h6,8-9,11,14H,1-5,7H2. The van der Waals surface area contributed by atoms with E-state index in [0.717, 1.165) is 25.2 Å². The third-order valence-electron chi connectivity index (χ3n) is 2.94. The predicted molar refractivity (Wildman–Crippen MR) is 59.3 cm³/mol. The maximum Gasteiger partial charge on any atom is 0.261 e. The summed E-state index contributed by atoms with van der Waals surface area (Å²) in [5.74, 6) is 0.479. The van der Waals surface area contributed by atoms with Crippen LogP contribution in [0.4, 0.5) is 8.78 Å². The summed E-state index contributed by atoms with van der Waals surface area (Å²) in [7, 11) is 0. The van der Waals surface area contributed by atoms with Crippen LogP contribution in [0.25, 0.3) is 0 Å². The highest BCUT2D eigenvalue weighted by Gasteiger charge is 2.19. The molecule has 0 aliphatic carbocycles. The molecule has 1 unspecified atom stereocenters. The average Bonchev–Trinajstić information content (AvgIpc) is 2.94. The molecule has 96 valence electrons. The predicted octanol–water partition coefficient (Wildman–Crippen LogP) is 1.24. The summed E-state index contributed by atoms with van der Waals surface area (Å²) in [6.45, 7) is 2.38. The first-order valence-electron chi connectivity index (χ1n) is 5.84. The van der Waals surface area contributed by atoms with E-state index in [1.54, 1.807) is 6.33 Å². The lowest BCUT2D eigenvalue weighted by Crippen LogP contribution is -2.15. The van der Waals surface area contributed by atoms with Crippen molar-refractivity contribution in [2.24, 2.45) is 0 Å². The molecule has 2 rings (SSSR count). The first kappa shape index (κ1) is 12.4. The number of alkyl halides is 2. The molecule has 0 amide bonds. The van der Waals surface area contributed by atoms with Crippen molar-refractivity contribution in [3.8, 4) is 0 Å². The van der Waals surface area contributed by atoms with Crippen molar-refractivity contribution in [1.82, 2.24) is 14.9 Å². The molecule has 6 heteroatoms. The molecule has 1 N–H and O–H groups in total. The Kier molecular flexibility index (Phi) is 4.44. The van der Waals surface area contributed by atoms with Gasteiger partial charge in [0.2, 0.25) is 0 Å². The summed E-state index contributed by atoms with van der Waals surface area (Å²) in [6, 6.07) is 0. The van der Waals surface area contributed by atoms with Crippen molar-refractivity contribution in [1.29, 1.82) is 0 Å². The van der Waals surface area contributed by atoms with Gasteiger partial charge in [-0.2, -0.15) is 0 Å². The monoisotopic (exact) mass is 245 g/mol. The van der Waals surface area contributed by atoms with E-state index < -0.39 is 13.0 Å². The highest BCUT2D eigenvalue weighted by Crippen LogP contribution is 2.21. The Bertz CT molecular complexity index is 337. The van der Waals surface area contributed by atoms with E-state index in [9.17, 15) is 8.78 Å². The molecule has 0 aromatic carbocycles. The molecule has 1 aromatic heterocycles. The molecule has 0 saturated carbocycles. The second-order valence-electron chi connectivity index (χ2n) is 4.17. The van der Waals surface area contributed by atoms with Gasteiger partial charge in [0, 0.05) is 30.9 Å². The maximum absolute atomic E-state index is 11.9. The number of hydrogen-bond acceptors (Lipinski definition) is 3. The minimum atomic E-state index is -2.39. The first-order valence-corrected chi connectivity index (χ1v) is 5.84. The highest BCUT2D eigenvalue weighted by atomic mass is 19.3. The Hall–Kier alpha value is -1.01. The highest BCUT2D eigenvalue weighted by molar-refractivity contribution is 5.09. The molecule has 1 fully saturated rings. The quantitative estimate of drug-likeness (QED) is 0.766. The molecule has 1 aliphatic heterocycles. The number of halogens is 2. The van der Waals surface area contributed by atoms with Gasteiger partial charge in [0.15, 0.2) is 0 Å². The second kappa shape index (κ2) is 6.07. The lowest BCUT2D eigenvalue weighted by molar-refractivity contribution is 0.0145.